The number of para-hydroxylation sites is 3. The van der Waals surface area contributed by atoms with Gasteiger partial charge in [0.15, 0.2) is 0 Å². The molecular weight excluding hydrogens is 530 g/mol. The second-order valence-corrected chi connectivity index (χ2v) is 8.05. The van der Waals surface area contributed by atoms with Gasteiger partial charge in [-0.05, 0) is 37.1 Å². The lowest BCUT2D eigenvalue weighted by molar-refractivity contribution is 0.224. The van der Waals surface area contributed by atoms with Crippen molar-refractivity contribution in [2.45, 2.75) is 25.4 Å². The fraction of sp³-hybridized carbons (Fsp3) is 0.333. The standard InChI is InChI=1S/C24H28N6.4ClH.H2O/c25-13-16-29-14-11-19(12-15-29)27-24-28-22-7-3-4-8-23(22)30(24)17-20-10-9-18-5-1-2-6-21(18)26-20;;;;;/h1-10,19H,11-17,25H2,(H,27,28);4*1H;1H2. The van der Waals surface area contributed by atoms with Crippen molar-refractivity contribution in [3.63, 3.8) is 0 Å². The fourth-order valence-corrected chi connectivity index (χ4v) is 4.37. The molecule has 3 heterocycles. The number of anilines is 1. The van der Waals surface area contributed by atoms with Crippen LogP contribution in [0.5, 0.6) is 0 Å². The molecule has 0 unspecified atom stereocenters. The SMILES string of the molecule is Cl.Cl.Cl.Cl.NCCN1CCC(Nc2nc3ccccc3n2Cc2ccc3ccccc3n2)CC1.O. The van der Waals surface area contributed by atoms with Gasteiger partial charge in [-0.2, -0.15) is 0 Å². The van der Waals surface area contributed by atoms with Crippen molar-refractivity contribution in [3.8, 4) is 0 Å². The summed E-state index contributed by atoms with van der Waals surface area (Å²) in [6, 6.07) is 21.3. The van der Waals surface area contributed by atoms with Gasteiger partial charge in [-0.3, -0.25) is 4.98 Å². The molecule has 1 aliphatic rings. The third-order valence-corrected chi connectivity index (χ3v) is 6.00. The van der Waals surface area contributed by atoms with Gasteiger partial charge in [0.2, 0.25) is 5.95 Å². The number of rotatable bonds is 6. The van der Waals surface area contributed by atoms with Crippen molar-refractivity contribution in [2.24, 2.45) is 5.73 Å². The molecule has 0 aliphatic carbocycles. The second-order valence-electron chi connectivity index (χ2n) is 8.05. The number of nitrogens with zero attached hydrogens (tertiary/aromatic N) is 4. The molecule has 5 N–H and O–H groups in total. The summed E-state index contributed by atoms with van der Waals surface area (Å²) < 4.78 is 2.26. The van der Waals surface area contributed by atoms with Crippen molar-refractivity contribution < 1.29 is 5.48 Å². The van der Waals surface area contributed by atoms with Crippen LogP contribution in [0, 0.1) is 0 Å². The molecule has 0 radical (unpaired) electrons. The number of likely N-dealkylation sites (tertiary alicyclic amines) is 1. The van der Waals surface area contributed by atoms with Crippen LogP contribution in [0.15, 0.2) is 60.7 Å². The first-order valence-corrected chi connectivity index (χ1v) is 10.8. The molecule has 2 aromatic carbocycles. The minimum Gasteiger partial charge on any atom is -0.412 e. The molecule has 1 saturated heterocycles. The highest BCUT2D eigenvalue weighted by Crippen LogP contribution is 2.24. The molecule has 35 heavy (non-hydrogen) atoms. The minimum absolute atomic E-state index is 0. The molecule has 0 saturated carbocycles. The Kier molecular flexibility index (Phi) is 14.5. The maximum absolute atomic E-state index is 5.71. The van der Waals surface area contributed by atoms with Crippen LogP contribution in [0.25, 0.3) is 21.9 Å². The largest absolute Gasteiger partial charge is 0.412 e. The molecule has 5 rings (SSSR count). The summed E-state index contributed by atoms with van der Waals surface area (Å²) in [6.45, 7) is 4.58. The second kappa shape index (κ2) is 15.3. The van der Waals surface area contributed by atoms with E-state index in [0.29, 0.717) is 12.6 Å². The molecule has 1 fully saturated rings. The van der Waals surface area contributed by atoms with Crippen molar-refractivity contribution in [1.82, 2.24) is 19.4 Å². The lowest BCUT2D eigenvalue weighted by Crippen LogP contribution is -2.41. The van der Waals surface area contributed by atoms with Gasteiger partial charge < -0.3 is 26.0 Å². The Balaban J connectivity index is 0.00000231. The van der Waals surface area contributed by atoms with Crippen molar-refractivity contribution in [1.29, 1.82) is 0 Å². The molecule has 11 heteroatoms. The summed E-state index contributed by atoms with van der Waals surface area (Å²) in [5, 5.41) is 4.89. The molecular formula is C24H34Cl4N6O. The van der Waals surface area contributed by atoms with Crippen molar-refractivity contribution in [3.05, 3.63) is 66.4 Å². The smallest absolute Gasteiger partial charge is 0.204 e. The highest BCUT2D eigenvalue weighted by Gasteiger charge is 2.21. The zero-order valence-corrected chi connectivity index (χ0v) is 22.6. The van der Waals surface area contributed by atoms with Gasteiger partial charge >= 0.3 is 0 Å². The van der Waals surface area contributed by atoms with Crippen molar-refractivity contribution >= 4 is 77.5 Å². The number of pyridine rings is 1. The quantitative estimate of drug-likeness (QED) is 0.363. The summed E-state index contributed by atoms with van der Waals surface area (Å²) in [6.07, 6.45) is 2.22. The van der Waals surface area contributed by atoms with Gasteiger partial charge in [-0.15, -0.1) is 49.6 Å². The molecule has 7 nitrogen and oxygen atoms in total. The molecule has 0 bridgehead atoms. The van der Waals surface area contributed by atoms with Crippen LogP contribution in [0.2, 0.25) is 0 Å². The van der Waals surface area contributed by atoms with Crippen molar-refractivity contribution in [2.75, 3.05) is 31.5 Å². The van der Waals surface area contributed by atoms with Crippen LogP contribution in [0.1, 0.15) is 18.5 Å². The Morgan fingerprint density at radius 2 is 1.49 bits per heavy atom. The highest BCUT2D eigenvalue weighted by molar-refractivity contribution is 5.86. The first-order chi connectivity index (χ1) is 14.8. The van der Waals surface area contributed by atoms with Crippen LogP contribution < -0.4 is 11.1 Å². The molecule has 1 aliphatic heterocycles. The van der Waals surface area contributed by atoms with E-state index < -0.39 is 0 Å². The molecule has 0 atom stereocenters. The minimum atomic E-state index is 0. The number of piperidine rings is 1. The topological polar surface area (TPSA) is 104 Å². The third-order valence-electron chi connectivity index (χ3n) is 6.00. The molecule has 4 aromatic rings. The van der Waals surface area contributed by atoms with E-state index in [1.54, 1.807) is 0 Å². The molecule has 194 valence electrons. The predicted molar refractivity (Wildman–Crippen MR) is 155 cm³/mol. The van der Waals surface area contributed by atoms with E-state index in [0.717, 1.165) is 67.2 Å². The Hall–Kier alpha value is -1.84. The molecule has 2 aromatic heterocycles. The van der Waals surface area contributed by atoms with Crippen LogP contribution in [-0.4, -0.2) is 57.1 Å². The van der Waals surface area contributed by atoms with Crippen LogP contribution in [-0.2, 0) is 6.54 Å². The van der Waals surface area contributed by atoms with Gasteiger partial charge in [0.25, 0.3) is 0 Å². The average molecular weight is 564 g/mol. The number of hydrogen-bond acceptors (Lipinski definition) is 5. The molecule has 0 amide bonds. The Morgan fingerprint density at radius 3 is 2.20 bits per heavy atom. The Morgan fingerprint density at radius 1 is 0.829 bits per heavy atom. The van der Waals surface area contributed by atoms with Crippen LogP contribution in [0.3, 0.4) is 0 Å². The summed E-state index contributed by atoms with van der Waals surface area (Å²) in [5.41, 5.74) is 9.93. The van der Waals surface area contributed by atoms with Gasteiger partial charge in [0.1, 0.15) is 0 Å². The van der Waals surface area contributed by atoms with E-state index in [1.807, 2.05) is 18.2 Å². The number of benzene rings is 2. The predicted octanol–water partition coefficient (Wildman–Crippen LogP) is 4.33. The van der Waals surface area contributed by atoms with E-state index in [1.165, 1.54) is 5.39 Å². The van der Waals surface area contributed by atoms with E-state index in [9.17, 15) is 0 Å². The number of fused-ring (bicyclic) bond motifs is 2. The number of halogens is 4. The maximum atomic E-state index is 5.71. The number of hydrogen-bond donors (Lipinski definition) is 2. The highest BCUT2D eigenvalue weighted by atomic mass is 35.5. The summed E-state index contributed by atoms with van der Waals surface area (Å²) in [5.74, 6) is 0.934. The first kappa shape index (κ1) is 33.2. The number of nitrogens with one attached hydrogen (secondary N) is 1. The molecule has 0 spiro atoms. The van der Waals surface area contributed by atoms with Gasteiger partial charge in [-0.1, -0.05) is 36.4 Å². The summed E-state index contributed by atoms with van der Waals surface area (Å²) in [4.78, 5) is 12.2. The summed E-state index contributed by atoms with van der Waals surface area (Å²) in [7, 11) is 0. The lowest BCUT2D eigenvalue weighted by atomic mass is 10.1. The Bertz CT molecular complexity index is 1170. The third kappa shape index (κ3) is 7.57. The zero-order valence-electron chi connectivity index (χ0n) is 19.3. The first-order valence-electron chi connectivity index (χ1n) is 10.8. The van der Waals surface area contributed by atoms with Gasteiger partial charge in [0, 0.05) is 37.6 Å². The average Bonchev–Trinajstić information content (AvgIpc) is 3.12. The fourth-order valence-electron chi connectivity index (χ4n) is 4.37. The maximum Gasteiger partial charge on any atom is 0.204 e. The van der Waals surface area contributed by atoms with E-state index in [-0.39, 0.29) is 55.1 Å². The number of nitrogens with two attached hydrogens (primary N) is 1. The van der Waals surface area contributed by atoms with E-state index in [4.69, 9.17) is 15.7 Å². The number of aromatic nitrogens is 3. The van der Waals surface area contributed by atoms with Gasteiger partial charge in [-0.25, -0.2) is 4.98 Å². The zero-order chi connectivity index (χ0) is 20.3. The van der Waals surface area contributed by atoms with E-state index >= 15 is 0 Å². The van der Waals surface area contributed by atoms with Crippen LogP contribution >= 0.6 is 49.6 Å². The Labute approximate surface area is 230 Å². The van der Waals surface area contributed by atoms with E-state index in [2.05, 4.69) is 57.2 Å². The number of imidazole rings is 1. The van der Waals surface area contributed by atoms with Gasteiger partial charge in [0.05, 0.1) is 28.8 Å². The normalized spacial score (nSPS) is 13.5. The van der Waals surface area contributed by atoms with Crippen LogP contribution in [0.4, 0.5) is 5.95 Å². The summed E-state index contributed by atoms with van der Waals surface area (Å²) >= 11 is 0. The lowest BCUT2D eigenvalue weighted by Gasteiger charge is -2.32. The monoisotopic (exact) mass is 562 g/mol.